The molecular formula is C17H14ClN5O3S. The van der Waals surface area contributed by atoms with E-state index < -0.39 is 4.92 Å². The highest BCUT2D eigenvalue weighted by molar-refractivity contribution is 7.99. The number of thioether (sulfide) groups is 1. The van der Waals surface area contributed by atoms with Gasteiger partial charge in [-0.05, 0) is 24.6 Å². The zero-order valence-electron chi connectivity index (χ0n) is 14.1. The topological polar surface area (TPSA) is 114 Å². The highest BCUT2D eigenvalue weighted by Gasteiger charge is 2.13. The van der Waals surface area contributed by atoms with E-state index in [1.54, 1.807) is 19.1 Å². The maximum Gasteiger partial charge on any atom is 0.271 e. The number of benzene rings is 2. The van der Waals surface area contributed by atoms with Crippen LogP contribution in [0.25, 0.3) is 11.4 Å². The van der Waals surface area contributed by atoms with Gasteiger partial charge in [0, 0.05) is 17.7 Å². The van der Waals surface area contributed by atoms with Crippen molar-refractivity contribution in [3.05, 3.63) is 63.2 Å². The van der Waals surface area contributed by atoms with Crippen molar-refractivity contribution >= 4 is 40.6 Å². The number of halogens is 1. The predicted molar refractivity (Wildman–Crippen MR) is 104 cm³/mol. The van der Waals surface area contributed by atoms with Crippen molar-refractivity contribution in [1.82, 2.24) is 15.2 Å². The molecule has 138 valence electrons. The quantitative estimate of drug-likeness (QED) is 0.364. The van der Waals surface area contributed by atoms with E-state index >= 15 is 0 Å². The Morgan fingerprint density at radius 1 is 1.33 bits per heavy atom. The van der Waals surface area contributed by atoms with Gasteiger partial charge in [0.05, 0.1) is 21.4 Å². The normalized spacial score (nSPS) is 10.6. The molecule has 1 heterocycles. The third-order valence-electron chi connectivity index (χ3n) is 3.63. The summed E-state index contributed by atoms with van der Waals surface area (Å²) in [6.07, 6.45) is 0. The Hall–Kier alpha value is -2.91. The van der Waals surface area contributed by atoms with Crippen LogP contribution in [0.1, 0.15) is 5.56 Å². The third kappa shape index (κ3) is 4.63. The van der Waals surface area contributed by atoms with E-state index in [1.165, 1.54) is 12.1 Å². The number of nitro benzene ring substituents is 1. The second-order valence-electron chi connectivity index (χ2n) is 5.54. The molecule has 0 spiro atoms. The molecule has 0 fully saturated rings. The van der Waals surface area contributed by atoms with Crippen molar-refractivity contribution in [3.8, 4) is 11.4 Å². The van der Waals surface area contributed by atoms with Crippen molar-refractivity contribution in [2.24, 2.45) is 0 Å². The number of nitrogens with one attached hydrogen (secondary N) is 2. The molecule has 8 nitrogen and oxygen atoms in total. The number of hydrogen-bond donors (Lipinski definition) is 2. The lowest BCUT2D eigenvalue weighted by atomic mass is 10.2. The van der Waals surface area contributed by atoms with Gasteiger partial charge in [-0.25, -0.2) is 4.98 Å². The summed E-state index contributed by atoms with van der Waals surface area (Å²) in [6, 6.07) is 11.5. The molecule has 0 saturated carbocycles. The van der Waals surface area contributed by atoms with Crippen LogP contribution in [0.4, 0.5) is 11.4 Å². The number of rotatable bonds is 6. The number of aryl methyl sites for hydroxylation is 1. The Labute approximate surface area is 163 Å². The molecule has 3 aromatic rings. The van der Waals surface area contributed by atoms with Crippen molar-refractivity contribution in [2.75, 3.05) is 11.1 Å². The van der Waals surface area contributed by atoms with E-state index in [4.69, 9.17) is 11.6 Å². The average molecular weight is 404 g/mol. The summed E-state index contributed by atoms with van der Waals surface area (Å²) in [5.74, 6) is 0.257. The molecule has 0 atom stereocenters. The molecule has 0 aliphatic rings. The largest absolute Gasteiger partial charge is 0.325 e. The zero-order valence-corrected chi connectivity index (χ0v) is 15.7. The number of non-ortho nitro benzene ring substituents is 1. The van der Waals surface area contributed by atoms with Gasteiger partial charge in [-0.1, -0.05) is 41.6 Å². The van der Waals surface area contributed by atoms with Crippen LogP contribution in [0, 0.1) is 17.0 Å². The Morgan fingerprint density at radius 2 is 2.11 bits per heavy atom. The molecule has 0 radical (unpaired) electrons. The van der Waals surface area contributed by atoms with E-state index in [0.717, 1.165) is 22.9 Å². The monoisotopic (exact) mass is 403 g/mol. The Morgan fingerprint density at radius 3 is 2.85 bits per heavy atom. The summed E-state index contributed by atoms with van der Waals surface area (Å²) < 4.78 is 0. The lowest BCUT2D eigenvalue weighted by molar-refractivity contribution is -0.384. The first kappa shape index (κ1) is 18.9. The number of hydrogen-bond acceptors (Lipinski definition) is 6. The second-order valence-corrected chi connectivity index (χ2v) is 6.89. The summed E-state index contributed by atoms with van der Waals surface area (Å²) in [6.45, 7) is 1.76. The van der Waals surface area contributed by atoms with E-state index in [1.807, 2.05) is 18.2 Å². The lowest BCUT2D eigenvalue weighted by Crippen LogP contribution is -2.15. The molecule has 2 aromatic carbocycles. The Kier molecular flexibility index (Phi) is 5.72. The van der Waals surface area contributed by atoms with Crippen LogP contribution in [0.3, 0.4) is 0 Å². The van der Waals surface area contributed by atoms with Gasteiger partial charge in [0.2, 0.25) is 11.1 Å². The Bertz CT molecular complexity index is 1010. The number of carbonyl (C=O) groups excluding carboxylic acids is 1. The fourth-order valence-electron chi connectivity index (χ4n) is 2.26. The number of amides is 1. The predicted octanol–water partition coefficient (Wildman–Crippen LogP) is 4.07. The number of nitro groups is 1. The summed E-state index contributed by atoms with van der Waals surface area (Å²) >= 11 is 7.27. The number of aromatic amines is 1. The third-order valence-corrected chi connectivity index (χ3v) is 4.81. The van der Waals surface area contributed by atoms with Crippen LogP contribution in [0.15, 0.2) is 47.6 Å². The van der Waals surface area contributed by atoms with Crippen molar-refractivity contribution < 1.29 is 9.72 Å². The molecule has 27 heavy (non-hydrogen) atoms. The average Bonchev–Trinajstić information content (AvgIpc) is 3.11. The van der Waals surface area contributed by atoms with E-state index in [0.29, 0.717) is 21.7 Å². The molecule has 1 aromatic heterocycles. The van der Waals surface area contributed by atoms with Crippen LogP contribution in [0.5, 0.6) is 0 Å². The van der Waals surface area contributed by atoms with E-state index in [9.17, 15) is 14.9 Å². The number of aromatic nitrogens is 3. The molecule has 10 heteroatoms. The maximum atomic E-state index is 12.2. The molecule has 0 aliphatic heterocycles. The van der Waals surface area contributed by atoms with Crippen LogP contribution >= 0.6 is 23.4 Å². The summed E-state index contributed by atoms with van der Waals surface area (Å²) in [5, 5.41) is 21.3. The highest BCUT2D eigenvalue weighted by atomic mass is 35.5. The van der Waals surface area contributed by atoms with E-state index in [-0.39, 0.29) is 17.3 Å². The van der Waals surface area contributed by atoms with E-state index in [2.05, 4.69) is 20.5 Å². The summed E-state index contributed by atoms with van der Waals surface area (Å²) in [4.78, 5) is 26.8. The maximum absolute atomic E-state index is 12.2. The van der Waals surface area contributed by atoms with Crippen molar-refractivity contribution in [2.45, 2.75) is 12.1 Å². The summed E-state index contributed by atoms with van der Waals surface area (Å²) in [7, 11) is 0. The van der Waals surface area contributed by atoms with Gasteiger partial charge < -0.3 is 5.32 Å². The minimum atomic E-state index is -0.506. The Balaban J connectivity index is 1.63. The molecule has 0 unspecified atom stereocenters. The molecule has 2 N–H and O–H groups in total. The van der Waals surface area contributed by atoms with Gasteiger partial charge >= 0.3 is 0 Å². The van der Waals surface area contributed by atoms with Crippen LogP contribution in [0.2, 0.25) is 5.02 Å². The van der Waals surface area contributed by atoms with Gasteiger partial charge in [0.25, 0.3) is 5.69 Å². The summed E-state index contributed by atoms with van der Waals surface area (Å²) in [5.41, 5.74) is 1.77. The van der Waals surface area contributed by atoms with Gasteiger partial charge in [0.15, 0.2) is 5.82 Å². The lowest BCUT2D eigenvalue weighted by Gasteiger charge is -2.07. The molecular weight excluding hydrogens is 390 g/mol. The standard InChI is InChI=1S/C17H14ClN5O3S/c1-10-6-7-11(23(25)26)8-14(10)19-15(24)9-27-17-20-16(21-22-17)12-4-2-3-5-13(12)18/h2-8H,9H2,1H3,(H,19,24)(H,20,21,22). The number of carbonyl (C=O) groups is 1. The van der Waals surface area contributed by atoms with Gasteiger partial charge in [-0.2, -0.15) is 0 Å². The number of H-pyrrole nitrogens is 1. The minimum absolute atomic E-state index is 0.0575. The van der Waals surface area contributed by atoms with Crippen LogP contribution in [-0.4, -0.2) is 31.8 Å². The van der Waals surface area contributed by atoms with Crippen molar-refractivity contribution in [3.63, 3.8) is 0 Å². The van der Waals surface area contributed by atoms with Crippen LogP contribution in [-0.2, 0) is 4.79 Å². The van der Waals surface area contributed by atoms with Crippen LogP contribution < -0.4 is 5.32 Å². The molecule has 0 aliphatic carbocycles. The number of nitrogens with zero attached hydrogens (tertiary/aromatic N) is 3. The van der Waals surface area contributed by atoms with Gasteiger partial charge in [-0.15, -0.1) is 5.10 Å². The first-order valence-corrected chi connectivity index (χ1v) is 9.15. The number of anilines is 1. The molecule has 1 amide bonds. The van der Waals surface area contributed by atoms with Crippen molar-refractivity contribution in [1.29, 1.82) is 0 Å². The van der Waals surface area contributed by atoms with Gasteiger partial charge in [0.1, 0.15) is 0 Å². The smallest absolute Gasteiger partial charge is 0.271 e. The SMILES string of the molecule is Cc1ccc([N+](=O)[O-])cc1NC(=O)CSc1n[nH]c(-c2ccccc2Cl)n1. The molecule has 0 saturated heterocycles. The minimum Gasteiger partial charge on any atom is -0.325 e. The highest BCUT2D eigenvalue weighted by Crippen LogP contribution is 2.26. The zero-order chi connectivity index (χ0) is 19.4. The first-order chi connectivity index (χ1) is 12.9. The molecule has 3 rings (SSSR count). The fraction of sp³-hybridized carbons (Fsp3) is 0.118. The second kappa shape index (κ2) is 8.19. The fourth-order valence-corrected chi connectivity index (χ4v) is 3.08. The molecule has 0 bridgehead atoms. The van der Waals surface area contributed by atoms with Gasteiger partial charge in [-0.3, -0.25) is 20.0 Å². The first-order valence-electron chi connectivity index (χ1n) is 7.79.